The van der Waals surface area contributed by atoms with Crippen LogP contribution in [0.5, 0.6) is 0 Å². The van der Waals surface area contributed by atoms with Gasteiger partial charge in [-0.1, -0.05) is 12.1 Å². The Labute approximate surface area is 144 Å². The molecule has 0 unspecified atom stereocenters. The van der Waals surface area contributed by atoms with Gasteiger partial charge in [0.15, 0.2) is 0 Å². The number of aliphatic hydroxyl groups excluding tert-OH is 1. The van der Waals surface area contributed by atoms with Gasteiger partial charge in [0, 0.05) is 57.2 Å². The fourth-order valence-corrected chi connectivity index (χ4v) is 3.87. The number of nitrogens with zero attached hydrogens (tertiary/aromatic N) is 2. The van der Waals surface area contributed by atoms with E-state index in [4.69, 9.17) is 4.74 Å². The lowest BCUT2D eigenvalue weighted by Gasteiger charge is -2.36. The molecule has 0 bridgehead atoms. The number of rotatable bonds is 5. The second-order valence-corrected chi connectivity index (χ2v) is 7.38. The molecule has 0 saturated carbocycles. The van der Waals surface area contributed by atoms with Crippen molar-refractivity contribution in [1.29, 1.82) is 0 Å². The van der Waals surface area contributed by atoms with E-state index in [1.807, 2.05) is 19.0 Å². The molecule has 5 nitrogen and oxygen atoms in total. The van der Waals surface area contributed by atoms with Crippen molar-refractivity contribution in [2.75, 3.05) is 51.9 Å². The lowest BCUT2D eigenvalue weighted by atomic mass is 9.75. The van der Waals surface area contributed by atoms with Gasteiger partial charge in [0.05, 0.1) is 13.2 Å². The number of carbonyl (C=O) groups excluding carboxylic acids is 1. The summed E-state index contributed by atoms with van der Waals surface area (Å²) in [6.45, 7) is 2.90. The Balaban J connectivity index is 1.56. The van der Waals surface area contributed by atoms with Crippen molar-refractivity contribution in [2.45, 2.75) is 19.3 Å². The zero-order chi connectivity index (χ0) is 17.2. The molecule has 1 N–H and O–H groups in total. The van der Waals surface area contributed by atoms with E-state index in [0.717, 1.165) is 19.4 Å². The fourth-order valence-electron chi connectivity index (χ4n) is 3.87. The van der Waals surface area contributed by atoms with Crippen molar-refractivity contribution in [3.8, 4) is 0 Å². The average Bonchev–Trinajstić information content (AvgIpc) is 3.00. The van der Waals surface area contributed by atoms with E-state index in [9.17, 15) is 9.90 Å². The summed E-state index contributed by atoms with van der Waals surface area (Å²) in [5, 5.41) is 9.83. The van der Waals surface area contributed by atoms with Crippen LogP contribution in [0.3, 0.4) is 0 Å². The molecule has 1 amide bonds. The van der Waals surface area contributed by atoms with Crippen molar-refractivity contribution in [2.24, 2.45) is 11.3 Å². The summed E-state index contributed by atoms with van der Waals surface area (Å²) in [7, 11) is 4.04. The van der Waals surface area contributed by atoms with Gasteiger partial charge >= 0.3 is 0 Å². The van der Waals surface area contributed by atoms with Crippen LogP contribution in [-0.4, -0.2) is 62.9 Å². The molecule has 5 heteroatoms. The molecular weight excluding hydrogens is 304 g/mol. The highest BCUT2D eigenvalue weighted by atomic mass is 16.5. The molecule has 1 aromatic carbocycles. The van der Waals surface area contributed by atoms with Gasteiger partial charge in [-0.15, -0.1) is 0 Å². The second kappa shape index (κ2) is 7.11. The van der Waals surface area contributed by atoms with E-state index in [-0.39, 0.29) is 23.8 Å². The highest BCUT2D eigenvalue weighted by molar-refractivity contribution is 5.77. The molecule has 2 atom stereocenters. The van der Waals surface area contributed by atoms with E-state index in [1.54, 1.807) is 0 Å². The summed E-state index contributed by atoms with van der Waals surface area (Å²) in [5.41, 5.74) is 2.21. The molecule has 0 aromatic heterocycles. The number of fused-ring (bicyclic) bond motifs is 1. The van der Waals surface area contributed by atoms with Gasteiger partial charge in [-0.05, 0) is 30.5 Å². The third-order valence-electron chi connectivity index (χ3n) is 5.62. The zero-order valence-corrected chi connectivity index (χ0v) is 14.7. The van der Waals surface area contributed by atoms with E-state index in [2.05, 4.69) is 29.2 Å². The van der Waals surface area contributed by atoms with Crippen LogP contribution in [0, 0.1) is 11.3 Å². The monoisotopic (exact) mass is 332 g/mol. The Morgan fingerprint density at radius 2 is 2.12 bits per heavy atom. The first kappa shape index (κ1) is 17.2. The van der Waals surface area contributed by atoms with Gasteiger partial charge in [0.2, 0.25) is 5.91 Å². The SMILES string of the molecule is CN(C)c1ccc(CCC(=O)N2C[C@@H]3COCC[C@]3(CO)C2)cc1. The third-order valence-corrected chi connectivity index (χ3v) is 5.62. The minimum atomic E-state index is -0.138. The quantitative estimate of drug-likeness (QED) is 0.889. The number of likely N-dealkylation sites (tertiary alicyclic amines) is 1. The first-order valence-electron chi connectivity index (χ1n) is 8.77. The van der Waals surface area contributed by atoms with Gasteiger partial charge in [-0.25, -0.2) is 0 Å². The molecule has 2 heterocycles. The van der Waals surface area contributed by atoms with Crippen molar-refractivity contribution < 1.29 is 14.6 Å². The van der Waals surface area contributed by atoms with Crippen molar-refractivity contribution in [3.05, 3.63) is 29.8 Å². The number of hydrogen-bond acceptors (Lipinski definition) is 4. The molecular formula is C19H28N2O3. The van der Waals surface area contributed by atoms with Crippen LogP contribution in [0.25, 0.3) is 0 Å². The Bertz CT molecular complexity index is 572. The molecule has 2 fully saturated rings. The van der Waals surface area contributed by atoms with Gasteiger partial charge in [-0.2, -0.15) is 0 Å². The topological polar surface area (TPSA) is 53.0 Å². The Kier molecular flexibility index (Phi) is 5.11. The Morgan fingerprint density at radius 3 is 2.75 bits per heavy atom. The fraction of sp³-hybridized carbons (Fsp3) is 0.632. The van der Waals surface area contributed by atoms with Crippen LogP contribution in [-0.2, 0) is 16.0 Å². The number of ether oxygens (including phenoxy) is 1. The van der Waals surface area contributed by atoms with E-state index in [0.29, 0.717) is 26.2 Å². The highest BCUT2D eigenvalue weighted by Gasteiger charge is 2.48. The molecule has 3 rings (SSSR count). The third kappa shape index (κ3) is 3.42. The number of hydrogen-bond donors (Lipinski definition) is 1. The maximum atomic E-state index is 12.6. The molecule has 2 aliphatic rings. The van der Waals surface area contributed by atoms with Crippen molar-refractivity contribution in [3.63, 3.8) is 0 Å². The van der Waals surface area contributed by atoms with Crippen LogP contribution < -0.4 is 4.90 Å². The number of amides is 1. The first-order chi connectivity index (χ1) is 11.5. The molecule has 1 aromatic rings. The molecule has 2 saturated heterocycles. The summed E-state index contributed by atoms with van der Waals surface area (Å²) in [5.74, 6) is 0.466. The summed E-state index contributed by atoms with van der Waals surface area (Å²) >= 11 is 0. The van der Waals surface area contributed by atoms with Gasteiger partial charge in [0.25, 0.3) is 0 Å². The summed E-state index contributed by atoms with van der Waals surface area (Å²) in [6.07, 6.45) is 2.14. The lowest BCUT2D eigenvalue weighted by Crippen LogP contribution is -2.41. The van der Waals surface area contributed by atoms with Crippen LogP contribution in [0.4, 0.5) is 5.69 Å². The molecule has 132 valence electrons. The van der Waals surface area contributed by atoms with Crippen LogP contribution >= 0.6 is 0 Å². The minimum Gasteiger partial charge on any atom is -0.396 e. The summed E-state index contributed by atoms with van der Waals surface area (Å²) in [4.78, 5) is 16.6. The van der Waals surface area contributed by atoms with Crippen LogP contribution in [0.15, 0.2) is 24.3 Å². The lowest BCUT2D eigenvalue weighted by molar-refractivity contribution is -0.130. The highest BCUT2D eigenvalue weighted by Crippen LogP contribution is 2.41. The smallest absolute Gasteiger partial charge is 0.222 e. The van der Waals surface area contributed by atoms with E-state index >= 15 is 0 Å². The number of anilines is 1. The molecule has 0 radical (unpaired) electrons. The maximum absolute atomic E-state index is 12.6. The zero-order valence-electron chi connectivity index (χ0n) is 14.7. The Hall–Kier alpha value is -1.59. The average molecular weight is 332 g/mol. The number of benzene rings is 1. The largest absolute Gasteiger partial charge is 0.396 e. The molecule has 0 spiro atoms. The second-order valence-electron chi connectivity index (χ2n) is 7.38. The van der Waals surface area contributed by atoms with Crippen molar-refractivity contribution in [1.82, 2.24) is 4.90 Å². The predicted octanol–water partition coefficient (Wildman–Crippen LogP) is 1.54. The normalized spacial score (nSPS) is 26.3. The first-order valence-corrected chi connectivity index (χ1v) is 8.77. The van der Waals surface area contributed by atoms with Gasteiger partial charge in [0.1, 0.15) is 0 Å². The molecule has 2 aliphatic heterocycles. The minimum absolute atomic E-state index is 0.138. The van der Waals surface area contributed by atoms with Crippen LogP contribution in [0.1, 0.15) is 18.4 Å². The standard InChI is InChI=1S/C19H28N2O3/c1-20(2)17-6-3-15(4-7-17)5-8-18(23)21-11-16-12-24-10-9-19(16,13-21)14-22/h3-4,6-7,16,22H,5,8-14H2,1-2H3/t16-,19-/m1/s1. The maximum Gasteiger partial charge on any atom is 0.222 e. The van der Waals surface area contributed by atoms with Gasteiger partial charge in [-0.3, -0.25) is 4.79 Å². The number of carbonyl (C=O) groups is 1. The van der Waals surface area contributed by atoms with E-state index < -0.39 is 0 Å². The number of aryl methyl sites for hydroxylation is 1. The van der Waals surface area contributed by atoms with E-state index in [1.165, 1.54) is 11.3 Å². The molecule has 24 heavy (non-hydrogen) atoms. The summed E-state index contributed by atoms with van der Waals surface area (Å²) < 4.78 is 5.55. The van der Waals surface area contributed by atoms with Crippen molar-refractivity contribution >= 4 is 11.6 Å². The summed E-state index contributed by atoms with van der Waals surface area (Å²) in [6, 6.07) is 8.36. The molecule has 0 aliphatic carbocycles. The van der Waals surface area contributed by atoms with Gasteiger partial charge < -0.3 is 19.6 Å². The van der Waals surface area contributed by atoms with Crippen LogP contribution in [0.2, 0.25) is 0 Å². The Morgan fingerprint density at radius 1 is 1.38 bits per heavy atom. The predicted molar refractivity (Wildman–Crippen MR) is 94.1 cm³/mol. The number of aliphatic hydroxyl groups is 1.